The van der Waals surface area contributed by atoms with Gasteiger partial charge in [-0.15, -0.1) is 0 Å². The van der Waals surface area contributed by atoms with Crippen LogP contribution in [0.1, 0.15) is 24.2 Å². The molecule has 0 aliphatic heterocycles. The fourth-order valence-electron chi connectivity index (χ4n) is 1.63. The maximum Gasteiger partial charge on any atom is 0.338 e. The minimum Gasteiger partial charge on any atom is -0.478 e. The second-order valence-corrected chi connectivity index (χ2v) is 4.02. The van der Waals surface area contributed by atoms with E-state index in [0.717, 1.165) is 0 Å². The predicted molar refractivity (Wildman–Crippen MR) is 71.8 cm³/mol. The summed E-state index contributed by atoms with van der Waals surface area (Å²) in [5.74, 6) is -1.68. The average molecular weight is 281 g/mol. The zero-order valence-corrected chi connectivity index (χ0v) is 11.0. The van der Waals surface area contributed by atoms with Crippen LogP contribution < -0.4 is 10.6 Å². The van der Waals surface area contributed by atoms with Gasteiger partial charge in [-0.3, -0.25) is 14.9 Å². The first kappa shape index (κ1) is 15.4. The topological polar surface area (TPSA) is 122 Å². The van der Waals surface area contributed by atoms with E-state index in [9.17, 15) is 19.7 Å². The van der Waals surface area contributed by atoms with Crippen LogP contribution in [-0.4, -0.2) is 34.5 Å². The second-order valence-electron chi connectivity index (χ2n) is 4.02. The van der Waals surface area contributed by atoms with Crippen LogP contribution in [-0.2, 0) is 4.79 Å². The highest BCUT2D eigenvalue weighted by molar-refractivity contribution is 5.98. The minimum atomic E-state index is -1.31. The summed E-state index contributed by atoms with van der Waals surface area (Å²) in [6.45, 7) is 3.64. The number of aromatic carboxylic acids is 1. The van der Waals surface area contributed by atoms with Crippen LogP contribution in [0, 0.1) is 10.1 Å². The Balaban J connectivity index is 3.17. The van der Waals surface area contributed by atoms with Crippen LogP contribution in [0.25, 0.3) is 0 Å². The summed E-state index contributed by atoms with van der Waals surface area (Å²) < 4.78 is 0. The van der Waals surface area contributed by atoms with Crippen LogP contribution in [0.15, 0.2) is 18.2 Å². The van der Waals surface area contributed by atoms with Gasteiger partial charge in [0.1, 0.15) is 11.7 Å². The van der Waals surface area contributed by atoms with Gasteiger partial charge in [0.25, 0.3) is 5.69 Å². The fourth-order valence-corrected chi connectivity index (χ4v) is 1.63. The van der Waals surface area contributed by atoms with Crippen molar-refractivity contribution in [1.82, 2.24) is 5.32 Å². The molecule has 0 spiro atoms. The number of anilines is 1. The molecule has 0 heterocycles. The Bertz CT molecular complexity index is 512. The van der Waals surface area contributed by atoms with E-state index in [4.69, 9.17) is 5.11 Å². The van der Waals surface area contributed by atoms with E-state index in [1.54, 1.807) is 6.92 Å². The average Bonchev–Trinajstić information content (AvgIpc) is 2.38. The standard InChI is InChI=1S/C12H15N3O5/c1-3-13-11(16)7(2)14-10-8(12(17)18)5-4-6-9(10)15(19)20/h4-7,14H,3H2,1-2H3,(H,13,16)(H,17,18). The summed E-state index contributed by atoms with van der Waals surface area (Å²) in [6, 6.07) is 2.90. The first-order chi connectivity index (χ1) is 9.38. The van der Waals surface area contributed by atoms with Gasteiger partial charge < -0.3 is 15.7 Å². The van der Waals surface area contributed by atoms with Crippen LogP contribution in [0.5, 0.6) is 0 Å². The van der Waals surface area contributed by atoms with Gasteiger partial charge in [0.2, 0.25) is 5.91 Å². The van der Waals surface area contributed by atoms with E-state index in [1.165, 1.54) is 25.1 Å². The van der Waals surface area contributed by atoms with E-state index in [2.05, 4.69) is 10.6 Å². The highest BCUT2D eigenvalue weighted by Gasteiger charge is 2.24. The molecule has 0 aromatic heterocycles. The normalized spacial score (nSPS) is 11.5. The van der Waals surface area contributed by atoms with Crippen molar-refractivity contribution in [3.63, 3.8) is 0 Å². The number of amides is 1. The zero-order chi connectivity index (χ0) is 15.3. The van der Waals surface area contributed by atoms with Crippen molar-refractivity contribution in [2.24, 2.45) is 0 Å². The highest BCUT2D eigenvalue weighted by atomic mass is 16.6. The number of nitrogens with zero attached hydrogens (tertiary/aromatic N) is 1. The largest absolute Gasteiger partial charge is 0.478 e. The molecule has 0 aliphatic rings. The van der Waals surface area contributed by atoms with Crippen molar-refractivity contribution in [3.05, 3.63) is 33.9 Å². The number of nitro groups is 1. The Morgan fingerprint density at radius 3 is 2.60 bits per heavy atom. The minimum absolute atomic E-state index is 0.177. The summed E-state index contributed by atoms with van der Waals surface area (Å²) in [5, 5.41) is 25.1. The number of hydrogen-bond acceptors (Lipinski definition) is 5. The molecule has 0 bridgehead atoms. The monoisotopic (exact) mass is 281 g/mol. The van der Waals surface area contributed by atoms with Gasteiger partial charge in [-0.1, -0.05) is 6.07 Å². The molecule has 1 aromatic carbocycles. The Labute approximate surface area is 114 Å². The Morgan fingerprint density at radius 2 is 2.10 bits per heavy atom. The number of benzene rings is 1. The maximum absolute atomic E-state index is 11.6. The molecule has 8 nitrogen and oxygen atoms in total. The molecular formula is C12H15N3O5. The number of carbonyl (C=O) groups is 2. The number of likely N-dealkylation sites (N-methyl/N-ethyl adjacent to an activating group) is 1. The molecule has 1 aromatic rings. The number of carboxylic acids is 1. The molecule has 20 heavy (non-hydrogen) atoms. The smallest absolute Gasteiger partial charge is 0.338 e. The summed E-state index contributed by atoms with van der Waals surface area (Å²) in [7, 11) is 0. The Kier molecular flexibility index (Phi) is 5.01. The van der Waals surface area contributed by atoms with Crippen molar-refractivity contribution in [2.45, 2.75) is 19.9 Å². The molecule has 0 aliphatic carbocycles. The second kappa shape index (κ2) is 6.50. The van der Waals surface area contributed by atoms with E-state index in [-0.39, 0.29) is 22.8 Å². The molecule has 0 fully saturated rings. The third kappa shape index (κ3) is 3.44. The number of carboxylic acid groups (broad SMARTS) is 1. The summed E-state index contributed by atoms with van der Waals surface area (Å²) in [5.41, 5.74) is -0.819. The van der Waals surface area contributed by atoms with Crippen molar-refractivity contribution in [1.29, 1.82) is 0 Å². The van der Waals surface area contributed by atoms with Crippen LogP contribution in [0.2, 0.25) is 0 Å². The Hall–Kier alpha value is -2.64. The van der Waals surface area contributed by atoms with Gasteiger partial charge in [-0.25, -0.2) is 4.79 Å². The highest BCUT2D eigenvalue weighted by Crippen LogP contribution is 2.28. The SMILES string of the molecule is CCNC(=O)C(C)Nc1c(C(=O)O)cccc1[N+](=O)[O-]. The summed E-state index contributed by atoms with van der Waals surface area (Å²) in [6.07, 6.45) is 0. The van der Waals surface area contributed by atoms with E-state index >= 15 is 0 Å². The third-order valence-corrected chi connectivity index (χ3v) is 2.57. The predicted octanol–water partition coefficient (Wildman–Crippen LogP) is 1.23. The molecule has 1 rings (SSSR count). The maximum atomic E-state index is 11.6. The van der Waals surface area contributed by atoms with Gasteiger partial charge in [0.05, 0.1) is 10.5 Å². The molecule has 108 valence electrons. The summed E-state index contributed by atoms with van der Waals surface area (Å²) in [4.78, 5) is 33.0. The van der Waals surface area contributed by atoms with Crippen molar-refractivity contribution < 1.29 is 19.6 Å². The first-order valence-electron chi connectivity index (χ1n) is 5.93. The van der Waals surface area contributed by atoms with Gasteiger partial charge in [-0.05, 0) is 19.9 Å². The number of rotatable bonds is 6. The first-order valence-corrected chi connectivity index (χ1v) is 5.93. The van der Waals surface area contributed by atoms with Gasteiger partial charge in [-0.2, -0.15) is 0 Å². The molecule has 8 heteroatoms. The number of hydrogen-bond donors (Lipinski definition) is 3. The lowest BCUT2D eigenvalue weighted by molar-refractivity contribution is -0.384. The molecule has 1 amide bonds. The number of nitro benzene ring substituents is 1. The van der Waals surface area contributed by atoms with E-state index in [0.29, 0.717) is 6.54 Å². The fraction of sp³-hybridized carbons (Fsp3) is 0.333. The zero-order valence-electron chi connectivity index (χ0n) is 11.0. The van der Waals surface area contributed by atoms with Gasteiger partial charge in [0, 0.05) is 12.6 Å². The molecule has 0 radical (unpaired) electrons. The van der Waals surface area contributed by atoms with Crippen LogP contribution in [0.4, 0.5) is 11.4 Å². The van der Waals surface area contributed by atoms with Gasteiger partial charge >= 0.3 is 5.97 Å². The quantitative estimate of drug-likeness (QED) is 0.532. The molecule has 1 atom stereocenters. The number of para-hydroxylation sites is 1. The molecule has 0 saturated heterocycles. The molecule has 0 saturated carbocycles. The molecular weight excluding hydrogens is 266 g/mol. The van der Waals surface area contributed by atoms with E-state index < -0.39 is 16.9 Å². The third-order valence-electron chi connectivity index (χ3n) is 2.57. The van der Waals surface area contributed by atoms with Crippen LogP contribution >= 0.6 is 0 Å². The van der Waals surface area contributed by atoms with Crippen molar-refractivity contribution in [3.8, 4) is 0 Å². The number of nitrogens with one attached hydrogen (secondary N) is 2. The van der Waals surface area contributed by atoms with E-state index in [1.807, 2.05) is 0 Å². The van der Waals surface area contributed by atoms with Crippen molar-refractivity contribution >= 4 is 23.3 Å². The Morgan fingerprint density at radius 1 is 1.45 bits per heavy atom. The summed E-state index contributed by atoms with van der Waals surface area (Å²) >= 11 is 0. The number of carbonyl (C=O) groups excluding carboxylic acids is 1. The van der Waals surface area contributed by atoms with Crippen LogP contribution in [0.3, 0.4) is 0 Å². The van der Waals surface area contributed by atoms with Gasteiger partial charge in [0.15, 0.2) is 0 Å². The molecule has 1 unspecified atom stereocenters. The lowest BCUT2D eigenvalue weighted by atomic mass is 10.1. The lowest BCUT2D eigenvalue weighted by Crippen LogP contribution is -2.37. The van der Waals surface area contributed by atoms with Crippen molar-refractivity contribution in [2.75, 3.05) is 11.9 Å². The molecule has 3 N–H and O–H groups in total. The lowest BCUT2D eigenvalue weighted by Gasteiger charge is -2.16.